The van der Waals surface area contributed by atoms with Gasteiger partial charge < -0.3 is 9.64 Å². The van der Waals surface area contributed by atoms with Gasteiger partial charge in [-0.25, -0.2) is 0 Å². The molecule has 1 saturated heterocycles. The monoisotopic (exact) mass is 311 g/mol. The molecule has 7 heteroatoms. The number of terminal acetylenes is 1. The molecule has 1 aliphatic heterocycles. The highest BCUT2D eigenvalue weighted by molar-refractivity contribution is 7.86. The third-order valence-corrected chi connectivity index (χ3v) is 3.98. The second-order valence-electron chi connectivity index (χ2n) is 4.74. The van der Waals surface area contributed by atoms with Crippen molar-refractivity contribution < 1.29 is 21.8 Å². The van der Waals surface area contributed by atoms with Gasteiger partial charge in [0.2, 0.25) is 5.91 Å². The van der Waals surface area contributed by atoms with E-state index in [2.05, 4.69) is 5.92 Å². The normalized spacial score (nSPS) is 18.6. The molecule has 1 amide bonds. The van der Waals surface area contributed by atoms with Crippen LogP contribution in [0.1, 0.15) is 6.42 Å². The lowest BCUT2D eigenvalue weighted by Gasteiger charge is -2.19. The molecule has 1 fully saturated rings. The molecule has 21 heavy (non-hydrogen) atoms. The zero-order valence-corrected chi connectivity index (χ0v) is 12.0. The summed E-state index contributed by atoms with van der Waals surface area (Å²) in [7, 11) is -4.60. The Kier molecular flexibility index (Phi) is 4.48. The van der Waals surface area contributed by atoms with Gasteiger partial charge in [0, 0.05) is 18.9 Å². The summed E-state index contributed by atoms with van der Waals surface area (Å²) in [6.45, 7) is 0.194. The van der Waals surface area contributed by atoms with Crippen molar-refractivity contribution in [3.8, 4) is 18.1 Å². The number of benzene rings is 1. The Morgan fingerprint density at radius 3 is 2.81 bits per heavy atom. The van der Waals surface area contributed by atoms with E-state index in [0.717, 1.165) is 0 Å². The third-order valence-electron chi connectivity index (χ3n) is 3.11. The average molecular weight is 311 g/mol. The van der Waals surface area contributed by atoms with Gasteiger partial charge in [-0.2, -0.15) is 8.42 Å². The van der Waals surface area contributed by atoms with Gasteiger partial charge in [-0.15, -0.1) is 10.3 Å². The molecule has 2 rings (SSSR count). The molecular weight excluding hydrogens is 297 g/mol. The number of halogens is 1. The summed E-state index contributed by atoms with van der Waals surface area (Å²) >= 11 is 0. The number of carbonyl (C=O) groups excluding carboxylic acids is 1. The molecule has 112 valence electrons. The van der Waals surface area contributed by atoms with Crippen LogP contribution >= 0.6 is 0 Å². The first-order chi connectivity index (χ1) is 9.90. The molecule has 0 aromatic heterocycles. The predicted molar refractivity (Wildman–Crippen MR) is 76.1 cm³/mol. The maximum absolute atomic E-state index is 12.7. The standard InChI is InChI=1S/C14H14FNO4S/c1-2-7-20-13-6-4-3-5-12(13)16-9-11(8-14(16)17)10-21(15,18)19/h1,3-6,11H,7-10H2. The van der Waals surface area contributed by atoms with Gasteiger partial charge in [0.05, 0.1) is 11.4 Å². The van der Waals surface area contributed by atoms with Gasteiger partial charge in [-0.3, -0.25) is 4.79 Å². The highest BCUT2D eigenvalue weighted by atomic mass is 32.3. The lowest BCUT2D eigenvalue weighted by atomic mass is 10.1. The Labute approximate surface area is 122 Å². The molecule has 1 aromatic rings. The summed E-state index contributed by atoms with van der Waals surface area (Å²) < 4.78 is 39.5. The van der Waals surface area contributed by atoms with Crippen LogP contribution in [0.25, 0.3) is 0 Å². The fraction of sp³-hybridized carbons (Fsp3) is 0.357. The smallest absolute Gasteiger partial charge is 0.302 e. The summed E-state index contributed by atoms with van der Waals surface area (Å²) in [6, 6.07) is 6.80. The first-order valence-electron chi connectivity index (χ1n) is 6.28. The molecule has 0 radical (unpaired) electrons. The van der Waals surface area contributed by atoms with Crippen molar-refractivity contribution in [2.75, 3.05) is 23.8 Å². The number of carbonyl (C=O) groups is 1. The SMILES string of the molecule is C#CCOc1ccccc1N1CC(CS(=O)(=O)F)CC1=O. The Morgan fingerprint density at radius 1 is 1.43 bits per heavy atom. The van der Waals surface area contributed by atoms with E-state index in [1.54, 1.807) is 24.3 Å². The van der Waals surface area contributed by atoms with Gasteiger partial charge in [0.15, 0.2) is 0 Å². The number of ether oxygens (including phenoxy) is 1. The lowest BCUT2D eigenvalue weighted by Crippen LogP contribution is -2.26. The molecular formula is C14H14FNO4S. The molecule has 0 bridgehead atoms. The van der Waals surface area contributed by atoms with Crippen molar-refractivity contribution in [1.82, 2.24) is 0 Å². The van der Waals surface area contributed by atoms with Gasteiger partial charge in [0.1, 0.15) is 12.4 Å². The second kappa shape index (κ2) is 6.14. The number of nitrogens with zero attached hydrogens (tertiary/aromatic N) is 1. The van der Waals surface area contributed by atoms with Crippen LogP contribution in [0.2, 0.25) is 0 Å². The van der Waals surface area contributed by atoms with E-state index in [-0.39, 0.29) is 25.5 Å². The van der Waals surface area contributed by atoms with Crippen molar-refractivity contribution in [3.63, 3.8) is 0 Å². The van der Waals surface area contributed by atoms with E-state index in [9.17, 15) is 17.1 Å². The van der Waals surface area contributed by atoms with Gasteiger partial charge in [-0.1, -0.05) is 18.1 Å². The first-order valence-corrected chi connectivity index (χ1v) is 7.84. The molecule has 1 unspecified atom stereocenters. The average Bonchev–Trinajstić information content (AvgIpc) is 2.75. The van der Waals surface area contributed by atoms with Crippen molar-refractivity contribution in [2.24, 2.45) is 5.92 Å². The zero-order valence-electron chi connectivity index (χ0n) is 11.2. The van der Waals surface area contributed by atoms with Crippen LogP contribution in [0.4, 0.5) is 9.57 Å². The van der Waals surface area contributed by atoms with Crippen molar-refractivity contribution >= 4 is 21.8 Å². The Morgan fingerprint density at radius 2 is 2.14 bits per heavy atom. The topological polar surface area (TPSA) is 63.7 Å². The molecule has 1 atom stereocenters. The quantitative estimate of drug-likeness (QED) is 0.608. The number of hydrogen-bond acceptors (Lipinski definition) is 4. The fourth-order valence-corrected chi connectivity index (χ4v) is 3.12. The minimum absolute atomic E-state index is 0.00732. The third kappa shape index (κ3) is 3.95. The lowest BCUT2D eigenvalue weighted by molar-refractivity contribution is -0.117. The zero-order chi connectivity index (χ0) is 15.5. The highest BCUT2D eigenvalue weighted by Crippen LogP contribution is 2.33. The second-order valence-corrected chi connectivity index (χ2v) is 6.15. The maximum atomic E-state index is 12.7. The van der Waals surface area contributed by atoms with E-state index in [4.69, 9.17) is 11.2 Å². The van der Waals surface area contributed by atoms with Crippen LogP contribution in [0, 0.1) is 18.3 Å². The molecule has 0 N–H and O–H groups in total. The van der Waals surface area contributed by atoms with E-state index < -0.39 is 21.9 Å². The van der Waals surface area contributed by atoms with Crippen LogP contribution in [0.15, 0.2) is 24.3 Å². The van der Waals surface area contributed by atoms with Crippen molar-refractivity contribution in [2.45, 2.75) is 6.42 Å². The van der Waals surface area contributed by atoms with Crippen molar-refractivity contribution in [3.05, 3.63) is 24.3 Å². The predicted octanol–water partition coefficient (Wildman–Crippen LogP) is 1.35. The summed E-state index contributed by atoms with van der Waals surface area (Å²) in [5.74, 6) is 1.29. The number of rotatable bonds is 5. The maximum Gasteiger partial charge on any atom is 0.302 e. The number of hydrogen-bond donors (Lipinski definition) is 0. The Hall–Kier alpha value is -2.07. The van der Waals surface area contributed by atoms with E-state index in [1.807, 2.05) is 0 Å². The molecule has 1 aromatic carbocycles. The molecule has 0 saturated carbocycles. The summed E-state index contributed by atoms with van der Waals surface area (Å²) in [4.78, 5) is 13.4. The Balaban J connectivity index is 2.19. The largest absolute Gasteiger partial charge is 0.479 e. The van der Waals surface area contributed by atoms with Gasteiger partial charge in [0.25, 0.3) is 0 Å². The van der Waals surface area contributed by atoms with Gasteiger partial charge in [-0.05, 0) is 12.1 Å². The number of amides is 1. The van der Waals surface area contributed by atoms with Crippen LogP contribution in [-0.4, -0.2) is 33.2 Å². The molecule has 1 heterocycles. The highest BCUT2D eigenvalue weighted by Gasteiger charge is 2.34. The summed E-state index contributed by atoms with van der Waals surface area (Å²) in [6.07, 6.45) is 5.13. The van der Waals surface area contributed by atoms with E-state index >= 15 is 0 Å². The molecule has 0 aliphatic carbocycles. The minimum Gasteiger partial charge on any atom is -0.479 e. The van der Waals surface area contributed by atoms with Crippen molar-refractivity contribution in [1.29, 1.82) is 0 Å². The Bertz CT molecular complexity index is 680. The molecule has 5 nitrogen and oxygen atoms in total. The number of anilines is 1. The van der Waals surface area contributed by atoms with Crippen LogP contribution < -0.4 is 9.64 Å². The van der Waals surface area contributed by atoms with Crippen LogP contribution in [-0.2, 0) is 15.0 Å². The summed E-state index contributed by atoms with van der Waals surface area (Å²) in [5, 5.41) is 0. The minimum atomic E-state index is -4.60. The summed E-state index contributed by atoms with van der Waals surface area (Å²) in [5.41, 5.74) is 0.511. The van der Waals surface area contributed by atoms with Crippen LogP contribution in [0.5, 0.6) is 5.75 Å². The van der Waals surface area contributed by atoms with E-state index in [1.165, 1.54) is 4.90 Å². The van der Waals surface area contributed by atoms with E-state index in [0.29, 0.717) is 11.4 Å². The number of para-hydroxylation sites is 2. The van der Waals surface area contributed by atoms with Gasteiger partial charge >= 0.3 is 10.2 Å². The molecule has 0 spiro atoms. The first kappa shape index (κ1) is 15.3. The molecule has 1 aliphatic rings. The fourth-order valence-electron chi connectivity index (χ4n) is 2.33. The van der Waals surface area contributed by atoms with Crippen LogP contribution in [0.3, 0.4) is 0 Å².